The minimum atomic E-state index is 0.0471. The van der Waals surface area contributed by atoms with E-state index in [9.17, 15) is 4.79 Å². The van der Waals surface area contributed by atoms with Crippen molar-refractivity contribution in [2.24, 2.45) is 0 Å². The van der Waals surface area contributed by atoms with Crippen molar-refractivity contribution in [2.45, 2.75) is 6.92 Å². The largest absolute Gasteiger partial charge is 0.354 e. The van der Waals surface area contributed by atoms with Crippen molar-refractivity contribution in [3.05, 3.63) is 72.2 Å². The number of ketones is 1. The Hall–Kier alpha value is -2.09. The number of rotatable bonds is 2. The Labute approximate surface area is 102 Å². The third kappa shape index (κ3) is 3.18. The molecule has 2 rings (SSSR count). The van der Waals surface area contributed by atoms with Crippen molar-refractivity contribution in [1.29, 1.82) is 0 Å². The molecule has 0 saturated carbocycles. The van der Waals surface area contributed by atoms with Crippen LogP contribution < -0.4 is 0 Å². The Morgan fingerprint density at radius 2 is 1.47 bits per heavy atom. The number of carbonyl (C=O) groups excluding carboxylic acids is 1. The van der Waals surface area contributed by atoms with E-state index >= 15 is 0 Å². The van der Waals surface area contributed by atoms with Crippen LogP contribution in [0.5, 0.6) is 0 Å². The standard InChI is InChI=1S/C15H15NO/c1-2-16-11-9-14(10-12-16)4-3-13-5-7-15(17)8-6-13/h3-12H,2H2,1H3. The predicted molar refractivity (Wildman–Crippen MR) is 70.1 cm³/mol. The molecule has 0 saturated heterocycles. The van der Waals surface area contributed by atoms with Crippen LogP contribution in [0.25, 0.3) is 0 Å². The number of hydrogen-bond donors (Lipinski definition) is 0. The highest BCUT2D eigenvalue weighted by atomic mass is 16.1. The summed E-state index contributed by atoms with van der Waals surface area (Å²) in [7, 11) is 0. The molecule has 0 spiro atoms. The fourth-order valence-electron chi connectivity index (χ4n) is 1.56. The first-order chi connectivity index (χ1) is 8.28. The topological polar surface area (TPSA) is 20.3 Å². The number of carbonyl (C=O) groups is 1. The molecule has 2 heteroatoms. The van der Waals surface area contributed by atoms with Gasteiger partial charge in [-0.25, -0.2) is 0 Å². The minimum Gasteiger partial charge on any atom is -0.354 e. The quantitative estimate of drug-likeness (QED) is 0.720. The summed E-state index contributed by atoms with van der Waals surface area (Å²) in [5.41, 5.74) is 2.19. The molecule has 0 atom stereocenters. The van der Waals surface area contributed by atoms with Gasteiger partial charge in [0.2, 0.25) is 0 Å². The molecule has 1 heterocycles. The second kappa shape index (κ2) is 5.30. The molecule has 0 aromatic heterocycles. The van der Waals surface area contributed by atoms with Crippen molar-refractivity contribution in [3.8, 4) is 0 Å². The SMILES string of the molecule is CCN1C=CC(=CC=C2C=CC(=O)C=C2)C=C1. The molecular weight excluding hydrogens is 210 g/mol. The van der Waals surface area contributed by atoms with E-state index in [2.05, 4.69) is 36.4 Å². The fourth-order valence-corrected chi connectivity index (χ4v) is 1.56. The first kappa shape index (κ1) is 11.4. The van der Waals surface area contributed by atoms with Crippen molar-refractivity contribution in [3.63, 3.8) is 0 Å². The summed E-state index contributed by atoms with van der Waals surface area (Å²) < 4.78 is 0. The van der Waals surface area contributed by atoms with Gasteiger partial charge in [-0.1, -0.05) is 24.3 Å². The Bertz CT molecular complexity index is 453. The fraction of sp³-hybridized carbons (Fsp3) is 0.133. The van der Waals surface area contributed by atoms with E-state index in [4.69, 9.17) is 0 Å². The molecule has 0 radical (unpaired) electrons. The van der Waals surface area contributed by atoms with Crippen molar-refractivity contribution in [2.75, 3.05) is 6.54 Å². The van der Waals surface area contributed by atoms with Crippen molar-refractivity contribution < 1.29 is 4.79 Å². The lowest BCUT2D eigenvalue weighted by Crippen LogP contribution is -2.09. The van der Waals surface area contributed by atoms with E-state index in [1.54, 1.807) is 12.2 Å². The molecular formula is C15H15NO. The van der Waals surface area contributed by atoms with Crippen LogP contribution in [-0.4, -0.2) is 17.2 Å². The van der Waals surface area contributed by atoms with Crippen LogP contribution in [0.2, 0.25) is 0 Å². The summed E-state index contributed by atoms with van der Waals surface area (Å²) in [6.45, 7) is 3.09. The zero-order valence-electron chi connectivity index (χ0n) is 9.84. The molecule has 2 aliphatic rings. The maximum Gasteiger partial charge on any atom is 0.178 e. The van der Waals surface area contributed by atoms with Gasteiger partial charge in [0, 0.05) is 18.9 Å². The van der Waals surface area contributed by atoms with Crippen LogP contribution >= 0.6 is 0 Å². The summed E-state index contributed by atoms with van der Waals surface area (Å²) in [5.74, 6) is 0.0471. The highest BCUT2D eigenvalue weighted by Crippen LogP contribution is 2.11. The molecule has 0 aromatic carbocycles. The van der Waals surface area contributed by atoms with E-state index in [-0.39, 0.29) is 5.78 Å². The average Bonchev–Trinajstić information content (AvgIpc) is 2.39. The Kier molecular flexibility index (Phi) is 3.55. The lowest BCUT2D eigenvalue weighted by atomic mass is 10.1. The van der Waals surface area contributed by atoms with Crippen LogP contribution in [0.4, 0.5) is 0 Å². The van der Waals surface area contributed by atoms with Gasteiger partial charge in [0.1, 0.15) is 0 Å². The molecule has 86 valence electrons. The van der Waals surface area contributed by atoms with E-state index in [1.165, 1.54) is 0 Å². The maximum atomic E-state index is 10.9. The van der Waals surface area contributed by atoms with E-state index in [0.29, 0.717) is 0 Å². The highest BCUT2D eigenvalue weighted by molar-refractivity contribution is 6.01. The van der Waals surface area contributed by atoms with Gasteiger partial charge in [-0.3, -0.25) is 4.79 Å². The first-order valence-corrected chi connectivity index (χ1v) is 5.72. The lowest BCUT2D eigenvalue weighted by Gasteiger charge is -2.15. The molecule has 0 aromatic rings. The number of allylic oxidation sites excluding steroid dienone is 10. The smallest absolute Gasteiger partial charge is 0.178 e. The molecule has 2 nitrogen and oxygen atoms in total. The predicted octanol–water partition coefficient (Wildman–Crippen LogP) is 2.90. The van der Waals surface area contributed by atoms with Gasteiger partial charge in [-0.2, -0.15) is 0 Å². The van der Waals surface area contributed by atoms with Crippen LogP contribution in [0, 0.1) is 0 Å². The zero-order chi connectivity index (χ0) is 12.1. The van der Waals surface area contributed by atoms with Crippen LogP contribution in [-0.2, 0) is 4.79 Å². The molecule has 17 heavy (non-hydrogen) atoms. The number of hydrogen-bond acceptors (Lipinski definition) is 2. The Morgan fingerprint density at radius 1 is 0.941 bits per heavy atom. The summed E-state index contributed by atoms with van der Waals surface area (Å²) >= 11 is 0. The van der Waals surface area contributed by atoms with Gasteiger partial charge in [0.15, 0.2) is 5.78 Å². The molecule has 0 amide bonds. The average molecular weight is 225 g/mol. The van der Waals surface area contributed by atoms with Crippen LogP contribution in [0.15, 0.2) is 72.2 Å². The number of nitrogens with zero attached hydrogens (tertiary/aromatic N) is 1. The highest BCUT2D eigenvalue weighted by Gasteiger charge is 1.98. The van der Waals surface area contributed by atoms with Gasteiger partial charge in [0.25, 0.3) is 0 Å². The third-order valence-electron chi connectivity index (χ3n) is 2.63. The molecule has 0 unspecified atom stereocenters. The second-order valence-corrected chi connectivity index (χ2v) is 3.86. The van der Waals surface area contributed by atoms with E-state index in [1.807, 2.05) is 24.3 Å². The Balaban J connectivity index is 2.05. The van der Waals surface area contributed by atoms with Gasteiger partial charge in [-0.05, 0) is 42.4 Å². The van der Waals surface area contributed by atoms with E-state index in [0.717, 1.165) is 17.7 Å². The molecule has 0 bridgehead atoms. The summed E-state index contributed by atoms with van der Waals surface area (Å²) in [6.07, 6.45) is 19.1. The zero-order valence-corrected chi connectivity index (χ0v) is 9.84. The maximum absolute atomic E-state index is 10.9. The van der Waals surface area contributed by atoms with Crippen LogP contribution in [0.1, 0.15) is 6.92 Å². The monoisotopic (exact) mass is 225 g/mol. The van der Waals surface area contributed by atoms with Gasteiger partial charge in [-0.15, -0.1) is 0 Å². The van der Waals surface area contributed by atoms with Crippen molar-refractivity contribution in [1.82, 2.24) is 4.90 Å². The first-order valence-electron chi connectivity index (χ1n) is 5.72. The molecule has 1 aliphatic heterocycles. The molecule has 0 fully saturated rings. The summed E-state index contributed by atoms with van der Waals surface area (Å²) in [6, 6.07) is 0. The van der Waals surface area contributed by atoms with Gasteiger partial charge in [0.05, 0.1) is 0 Å². The third-order valence-corrected chi connectivity index (χ3v) is 2.63. The van der Waals surface area contributed by atoms with Gasteiger partial charge >= 0.3 is 0 Å². The normalized spacial score (nSPS) is 17.9. The van der Waals surface area contributed by atoms with E-state index < -0.39 is 0 Å². The van der Waals surface area contributed by atoms with Gasteiger partial charge < -0.3 is 4.90 Å². The Morgan fingerprint density at radius 3 is 2.00 bits per heavy atom. The molecule has 0 N–H and O–H groups in total. The second-order valence-electron chi connectivity index (χ2n) is 3.86. The van der Waals surface area contributed by atoms with Crippen molar-refractivity contribution >= 4 is 5.78 Å². The summed E-state index contributed by atoms with van der Waals surface area (Å²) in [4.78, 5) is 13.1. The minimum absolute atomic E-state index is 0.0471. The van der Waals surface area contributed by atoms with Crippen LogP contribution in [0.3, 0.4) is 0 Å². The molecule has 1 aliphatic carbocycles. The lowest BCUT2D eigenvalue weighted by molar-refractivity contribution is -0.110. The summed E-state index contributed by atoms with van der Waals surface area (Å²) in [5, 5.41) is 0.